The molecule has 0 spiro atoms. The summed E-state index contributed by atoms with van der Waals surface area (Å²) in [5.74, 6) is -0.193. The zero-order valence-electron chi connectivity index (χ0n) is 9.05. The molecule has 16 heavy (non-hydrogen) atoms. The van der Waals surface area contributed by atoms with Crippen molar-refractivity contribution in [1.82, 2.24) is 5.32 Å². The lowest BCUT2D eigenvalue weighted by Gasteiger charge is -2.18. The highest BCUT2D eigenvalue weighted by atomic mass is 79.9. The number of hydrogen-bond donors (Lipinski definition) is 1. The molecule has 0 aliphatic heterocycles. The van der Waals surface area contributed by atoms with Gasteiger partial charge in [-0.2, -0.15) is 0 Å². The number of nitrogens with one attached hydrogen (secondary N) is 1. The van der Waals surface area contributed by atoms with Gasteiger partial charge in [-0.1, -0.05) is 46.8 Å². The Morgan fingerprint density at radius 1 is 1.50 bits per heavy atom. The first-order chi connectivity index (χ1) is 7.65. The molecule has 0 radical (unpaired) electrons. The van der Waals surface area contributed by atoms with Crippen molar-refractivity contribution in [2.45, 2.75) is 12.5 Å². The van der Waals surface area contributed by atoms with Crippen molar-refractivity contribution in [1.29, 1.82) is 0 Å². The van der Waals surface area contributed by atoms with Crippen LogP contribution in [0.25, 0.3) is 0 Å². The predicted octanol–water partition coefficient (Wildman–Crippen LogP) is 3.94. The molecule has 1 rings (SSSR count). The van der Waals surface area contributed by atoms with Crippen molar-refractivity contribution in [2.75, 3.05) is 6.54 Å². The summed E-state index contributed by atoms with van der Waals surface area (Å²) >= 11 is 3.27. The first-order valence-electron chi connectivity index (χ1n) is 5.07. The zero-order chi connectivity index (χ0) is 12.0. The van der Waals surface area contributed by atoms with Gasteiger partial charge in [0.25, 0.3) is 0 Å². The molecule has 1 nitrogen and oxygen atoms in total. The van der Waals surface area contributed by atoms with E-state index in [1.54, 1.807) is 18.2 Å². The molecule has 0 fully saturated rings. The summed E-state index contributed by atoms with van der Waals surface area (Å²) < 4.78 is 14.4. The fourth-order valence-corrected chi connectivity index (χ4v) is 1.64. The molecule has 0 saturated carbocycles. The van der Waals surface area contributed by atoms with Crippen LogP contribution in [0.2, 0.25) is 0 Å². The Morgan fingerprint density at radius 2 is 2.19 bits per heavy atom. The minimum absolute atomic E-state index is 0.0620. The molecule has 0 aliphatic rings. The summed E-state index contributed by atoms with van der Waals surface area (Å²) in [6, 6.07) is 6.71. The highest BCUT2D eigenvalue weighted by Gasteiger charge is 2.13. The molecule has 0 saturated heterocycles. The van der Waals surface area contributed by atoms with Gasteiger partial charge in [-0.3, -0.25) is 0 Å². The molecule has 1 aromatic rings. The third-order valence-corrected chi connectivity index (χ3v) is 2.50. The Kier molecular flexibility index (Phi) is 5.43. The summed E-state index contributed by atoms with van der Waals surface area (Å²) in [4.78, 5) is 0. The summed E-state index contributed by atoms with van der Waals surface area (Å²) in [6.07, 6.45) is 2.46. The van der Waals surface area contributed by atoms with E-state index in [-0.39, 0.29) is 11.9 Å². The first-order valence-corrected chi connectivity index (χ1v) is 5.86. The quantitative estimate of drug-likeness (QED) is 0.780. The largest absolute Gasteiger partial charge is 0.305 e. The number of halogens is 2. The lowest BCUT2D eigenvalue weighted by molar-refractivity contribution is 0.524. The Bertz CT molecular complexity index is 376. The van der Waals surface area contributed by atoms with Crippen molar-refractivity contribution in [3.63, 3.8) is 0 Å². The molecular formula is C13H15BrFN. The van der Waals surface area contributed by atoms with E-state index in [1.165, 1.54) is 6.07 Å². The maximum atomic E-state index is 13.6. The van der Waals surface area contributed by atoms with Crippen molar-refractivity contribution in [2.24, 2.45) is 0 Å². The molecule has 0 heterocycles. The predicted molar refractivity (Wildman–Crippen MR) is 70.0 cm³/mol. The third kappa shape index (κ3) is 3.91. The van der Waals surface area contributed by atoms with Gasteiger partial charge < -0.3 is 5.32 Å². The van der Waals surface area contributed by atoms with Gasteiger partial charge in [0.1, 0.15) is 5.82 Å². The van der Waals surface area contributed by atoms with Gasteiger partial charge in [-0.15, -0.1) is 6.58 Å². The number of rotatable bonds is 6. The van der Waals surface area contributed by atoms with Gasteiger partial charge >= 0.3 is 0 Å². The van der Waals surface area contributed by atoms with Crippen LogP contribution in [-0.4, -0.2) is 6.54 Å². The highest BCUT2D eigenvalue weighted by molar-refractivity contribution is 9.11. The minimum Gasteiger partial charge on any atom is -0.305 e. The van der Waals surface area contributed by atoms with Gasteiger partial charge in [-0.25, -0.2) is 4.39 Å². The van der Waals surface area contributed by atoms with Crippen molar-refractivity contribution in [3.05, 3.63) is 59.4 Å². The van der Waals surface area contributed by atoms with E-state index in [0.717, 1.165) is 4.48 Å². The second-order valence-electron chi connectivity index (χ2n) is 3.50. The molecule has 1 N–H and O–H groups in total. The average Bonchev–Trinajstić information content (AvgIpc) is 2.25. The van der Waals surface area contributed by atoms with E-state index in [1.807, 2.05) is 6.07 Å². The van der Waals surface area contributed by atoms with Crippen LogP contribution in [0.5, 0.6) is 0 Å². The Labute approximate surface area is 104 Å². The molecule has 0 bridgehead atoms. The van der Waals surface area contributed by atoms with Crippen LogP contribution in [0.3, 0.4) is 0 Å². The van der Waals surface area contributed by atoms with E-state index >= 15 is 0 Å². The van der Waals surface area contributed by atoms with E-state index in [2.05, 4.69) is 34.4 Å². The average molecular weight is 284 g/mol. The van der Waals surface area contributed by atoms with E-state index in [9.17, 15) is 4.39 Å². The standard InChI is InChI=1S/C13H15BrFN/c1-3-6-13(16-9-10(2)14)11-7-4-5-8-12(11)15/h3-5,7-8,13,16H,1-2,6,9H2. The maximum absolute atomic E-state index is 13.6. The maximum Gasteiger partial charge on any atom is 0.127 e. The molecule has 0 amide bonds. The second kappa shape index (κ2) is 6.61. The van der Waals surface area contributed by atoms with Crippen LogP contribution < -0.4 is 5.32 Å². The molecule has 0 aromatic heterocycles. The van der Waals surface area contributed by atoms with Crippen LogP contribution in [0.15, 0.2) is 48.0 Å². The van der Waals surface area contributed by atoms with Crippen molar-refractivity contribution >= 4 is 15.9 Å². The summed E-state index contributed by atoms with van der Waals surface area (Å²) in [5.41, 5.74) is 0.663. The van der Waals surface area contributed by atoms with Crippen LogP contribution in [0.4, 0.5) is 4.39 Å². The Hall–Kier alpha value is -0.930. The van der Waals surface area contributed by atoms with E-state index in [0.29, 0.717) is 18.5 Å². The van der Waals surface area contributed by atoms with E-state index in [4.69, 9.17) is 0 Å². The highest BCUT2D eigenvalue weighted by Crippen LogP contribution is 2.20. The van der Waals surface area contributed by atoms with Crippen molar-refractivity contribution < 1.29 is 4.39 Å². The van der Waals surface area contributed by atoms with Gasteiger partial charge in [0.15, 0.2) is 0 Å². The minimum atomic E-state index is -0.193. The van der Waals surface area contributed by atoms with Crippen LogP contribution >= 0.6 is 15.9 Å². The van der Waals surface area contributed by atoms with Crippen LogP contribution in [0, 0.1) is 5.82 Å². The number of hydrogen-bond acceptors (Lipinski definition) is 1. The lowest BCUT2D eigenvalue weighted by atomic mass is 10.0. The molecule has 3 heteroatoms. The summed E-state index contributed by atoms with van der Waals surface area (Å²) in [7, 11) is 0. The van der Waals surface area contributed by atoms with Crippen LogP contribution in [0.1, 0.15) is 18.0 Å². The van der Waals surface area contributed by atoms with Gasteiger partial charge in [0.05, 0.1) is 0 Å². The van der Waals surface area contributed by atoms with Crippen LogP contribution in [-0.2, 0) is 0 Å². The smallest absolute Gasteiger partial charge is 0.127 e. The summed E-state index contributed by atoms with van der Waals surface area (Å²) in [6.45, 7) is 8.03. The normalized spacial score (nSPS) is 12.1. The summed E-state index contributed by atoms with van der Waals surface area (Å²) in [5, 5.41) is 3.22. The molecular weight excluding hydrogens is 269 g/mol. The molecule has 1 aromatic carbocycles. The van der Waals surface area contributed by atoms with E-state index < -0.39 is 0 Å². The molecule has 0 aliphatic carbocycles. The fraction of sp³-hybridized carbons (Fsp3) is 0.231. The lowest BCUT2D eigenvalue weighted by Crippen LogP contribution is -2.22. The first kappa shape index (κ1) is 13.1. The molecule has 1 unspecified atom stereocenters. The van der Waals surface area contributed by atoms with Gasteiger partial charge in [0, 0.05) is 22.6 Å². The monoisotopic (exact) mass is 283 g/mol. The zero-order valence-corrected chi connectivity index (χ0v) is 10.6. The fourth-order valence-electron chi connectivity index (χ4n) is 1.48. The Balaban J connectivity index is 2.80. The third-order valence-electron chi connectivity index (χ3n) is 2.22. The van der Waals surface area contributed by atoms with Gasteiger partial charge in [0.2, 0.25) is 0 Å². The van der Waals surface area contributed by atoms with Crippen molar-refractivity contribution in [3.8, 4) is 0 Å². The topological polar surface area (TPSA) is 12.0 Å². The second-order valence-corrected chi connectivity index (χ2v) is 4.62. The van der Waals surface area contributed by atoms with Gasteiger partial charge in [-0.05, 0) is 12.5 Å². The number of benzene rings is 1. The molecule has 1 atom stereocenters. The SMILES string of the molecule is C=CCC(NCC(=C)Br)c1ccccc1F. The Morgan fingerprint density at radius 3 is 2.75 bits per heavy atom. The molecule has 86 valence electrons.